The second-order valence-electron chi connectivity index (χ2n) is 2.91. The van der Waals surface area contributed by atoms with Gasteiger partial charge < -0.3 is 15.8 Å². The lowest BCUT2D eigenvalue weighted by Crippen LogP contribution is -2.13. The van der Waals surface area contributed by atoms with E-state index in [-0.39, 0.29) is 11.3 Å². The number of aldehydes is 1. The number of hydrogen-bond acceptors (Lipinski definition) is 4. The van der Waals surface area contributed by atoms with Crippen LogP contribution in [0.1, 0.15) is 10.4 Å². The van der Waals surface area contributed by atoms with Crippen LogP contribution in [0, 0.1) is 5.82 Å². The van der Waals surface area contributed by atoms with E-state index in [9.17, 15) is 9.18 Å². The molecular weight excluding hydrogens is 199 g/mol. The zero-order chi connectivity index (χ0) is 11.3. The maximum absolute atomic E-state index is 13.3. The quantitative estimate of drug-likeness (QED) is 0.715. The average Bonchev–Trinajstić information content (AvgIpc) is 2.25. The monoisotopic (exact) mass is 212 g/mol. The smallest absolute Gasteiger partial charge is 0.156 e. The van der Waals surface area contributed by atoms with Crippen molar-refractivity contribution < 1.29 is 13.9 Å². The van der Waals surface area contributed by atoms with Gasteiger partial charge in [-0.2, -0.15) is 0 Å². The molecule has 0 aliphatic carbocycles. The van der Waals surface area contributed by atoms with E-state index in [1.807, 2.05) is 0 Å². The van der Waals surface area contributed by atoms with Crippen LogP contribution in [0.3, 0.4) is 0 Å². The molecule has 4 nitrogen and oxygen atoms in total. The Morgan fingerprint density at radius 1 is 1.60 bits per heavy atom. The number of hydrogen-bond donors (Lipinski definition) is 2. The topological polar surface area (TPSA) is 64.3 Å². The fourth-order valence-electron chi connectivity index (χ4n) is 1.19. The van der Waals surface area contributed by atoms with Gasteiger partial charge in [0, 0.05) is 24.8 Å². The Morgan fingerprint density at radius 3 is 2.87 bits per heavy atom. The average molecular weight is 212 g/mol. The number of anilines is 1. The van der Waals surface area contributed by atoms with Crippen LogP contribution < -0.4 is 15.8 Å². The number of nitrogens with one attached hydrogen (secondary N) is 1. The molecule has 0 radical (unpaired) electrons. The van der Waals surface area contributed by atoms with Crippen molar-refractivity contribution in [1.29, 1.82) is 0 Å². The van der Waals surface area contributed by atoms with Crippen LogP contribution in [0.5, 0.6) is 5.75 Å². The molecule has 0 bridgehead atoms. The fourth-order valence-corrected chi connectivity index (χ4v) is 1.19. The van der Waals surface area contributed by atoms with E-state index in [2.05, 4.69) is 5.32 Å². The first-order valence-corrected chi connectivity index (χ1v) is 4.49. The Morgan fingerprint density at radius 2 is 2.33 bits per heavy atom. The predicted molar refractivity (Wildman–Crippen MR) is 55.9 cm³/mol. The molecule has 0 fully saturated rings. The molecule has 1 aromatic rings. The van der Waals surface area contributed by atoms with Crippen LogP contribution in [0.15, 0.2) is 12.1 Å². The minimum atomic E-state index is -0.608. The Hall–Kier alpha value is -1.62. The second-order valence-corrected chi connectivity index (χ2v) is 2.91. The minimum absolute atomic E-state index is 0.0733. The first kappa shape index (κ1) is 11.5. The third kappa shape index (κ3) is 2.66. The number of benzene rings is 1. The van der Waals surface area contributed by atoms with E-state index in [1.165, 1.54) is 13.2 Å². The van der Waals surface area contributed by atoms with E-state index >= 15 is 0 Å². The summed E-state index contributed by atoms with van der Waals surface area (Å²) in [7, 11) is 1.38. The summed E-state index contributed by atoms with van der Waals surface area (Å²) in [4.78, 5) is 10.6. The molecule has 5 heteroatoms. The molecular formula is C10H13FN2O2. The van der Waals surface area contributed by atoms with E-state index in [4.69, 9.17) is 10.5 Å². The molecule has 0 aliphatic rings. The summed E-state index contributed by atoms with van der Waals surface area (Å²) >= 11 is 0. The molecule has 0 atom stereocenters. The van der Waals surface area contributed by atoms with Crippen molar-refractivity contribution in [3.63, 3.8) is 0 Å². The first-order valence-electron chi connectivity index (χ1n) is 4.49. The standard InChI is InChI=1S/C10H13FN2O2/c1-15-10-5-7(13-3-2-12)4-9(11)8(10)6-14/h4-6,13H,2-3,12H2,1H3. The van der Waals surface area contributed by atoms with Gasteiger partial charge in [0.15, 0.2) is 6.29 Å². The van der Waals surface area contributed by atoms with Crippen molar-refractivity contribution >= 4 is 12.0 Å². The van der Waals surface area contributed by atoms with E-state index < -0.39 is 5.82 Å². The summed E-state index contributed by atoms with van der Waals surface area (Å²) in [6.45, 7) is 0.975. The van der Waals surface area contributed by atoms with Crippen LogP contribution >= 0.6 is 0 Å². The normalized spacial score (nSPS) is 9.80. The van der Waals surface area contributed by atoms with Gasteiger partial charge in [0.1, 0.15) is 11.6 Å². The molecule has 0 spiro atoms. The van der Waals surface area contributed by atoms with Gasteiger partial charge in [0.05, 0.1) is 12.7 Å². The molecule has 0 saturated heterocycles. The van der Waals surface area contributed by atoms with Crippen molar-refractivity contribution in [2.75, 3.05) is 25.5 Å². The minimum Gasteiger partial charge on any atom is -0.496 e. The lowest BCUT2D eigenvalue weighted by atomic mass is 10.2. The third-order valence-electron chi connectivity index (χ3n) is 1.90. The van der Waals surface area contributed by atoms with Crippen LogP contribution in [-0.2, 0) is 0 Å². The fraction of sp³-hybridized carbons (Fsp3) is 0.300. The molecule has 0 aliphatic heterocycles. The highest BCUT2D eigenvalue weighted by molar-refractivity contribution is 5.81. The molecule has 0 heterocycles. The summed E-state index contributed by atoms with van der Waals surface area (Å²) in [5.41, 5.74) is 5.77. The van der Waals surface area contributed by atoms with Gasteiger partial charge in [0.2, 0.25) is 0 Å². The summed E-state index contributed by atoms with van der Waals surface area (Å²) in [5, 5.41) is 2.90. The highest BCUT2D eigenvalue weighted by Gasteiger charge is 2.10. The van der Waals surface area contributed by atoms with Crippen molar-refractivity contribution in [1.82, 2.24) is 0 Å². The molecule has 0 amide bonds. The Labute approximate surface area is 87.2 Å². The Bertz CT molecular complexity index is 356. The summed E-state index contributed by atoms with van der Waals surface area (Å²) in [5.74, 6) is -0.395. The number of methoxy groups -OCH3 is 1. The maximum atomic E-state index is 13.3. The van der Waals surface area contributed by atoms with Crippen molar-refractivity contribution in [3.05, 3.63) is 23.5 Å². The molecule has 3 N–H and O–H groups in total. The van der Waals surface area contributed by atoms with Gasteiger partial charge in [-0.15, -0.1) is 0 Å². The molecule has 15 heavy (non-hydrogen) atoms. The number of carbonyl (C=O) groups is 1. The highest BCUT2D eigenvalue weighted by Crippen LogP contribution is 2.24. The zero-order valence-corrected chi connectivity index (χ0v) is 8.42. The third-order valence-corrected chi connectivity index (χ3v) is 1.90. The summed E-state index contributed by atoms with van der Waals surface area (Å²) in [6.07, 6.45) is 0.431. The van der Waals surface area contributed by atoms with Crippen LogP contribution in [0.4, 0.5) is 10.1 Å². The van der Waals surface area contributed by atoms with Crippen LogP contribution in [-0.4, -0.2) is 26.5 Å². The molecule has 0 unspecified atom stereocenters. The number of carbonyl (C=O) groups excluding carboxylic acids is 1. The van der Waals surface area contributed by atoms with E-state index in [1.54, 1.807) is 6.07 Å². The van der Waals surface area contributed by atoms with Crippen molar-refractivity contribution in [3.8, 4) is 5.75 Å². The molecule has 0 aromatic heterocycles. The second kappa shape index (κ2) is 5.31. The van der Waals surface area contributed by atoms with Gasteiger partial charge in [-0.1, -0.05) is 0 Å². The number of nitrogens with two attached hydrogens (primary N) is 1. The molecule has 1 aromatic carbocycles. The van der Waals surface area contributed by atoms with Gasteiger partial charge in [-0.3, -0.25) is 4.79 Å². The molecule has 1 rings (SSSR count). The van der Waals surface area contributed by atoms with Gasteiger partial charge in [0.25, 0.3) is 0 Å². The largest absolute Gasteiger partial charge is 0.496 e. The maximum Gasteiger partial charge on any atom is 0.156 e. The van der Waals surface area contributed by atoms with Gasteiger partial charge in [-0.05, 0) is 6.07 Å². The molecule has 0 saturated carbocycles. The number of rotatable bonds is 5. The Balaban J connectivity index is 3.02. The van der Waals surface area contributed by atoms with E-state index in [0.29, 0.717) is 25.1 Å². The van der Waals surface area contributed by atoms with Crippen LogP contribution in [0.2, 0.25) is 0 Å². The number of halogens is 1. The lowest BCUT2D eigenvalue weighted by Gasteiger charge is -2.09. The lowest BCUT2D eigenvalue weighted by molar-refractivity contribution is 0.111. The van der Waals surface area contributed by atoms with Gasteiger partial charge >= 0.3 is 0 Å². The SMILES string of the molecule is COc1cc(NCCN)cc(F)c1C=O. The van der Waals surface area contributed by atoms with Crippen molar-refractivity contribution in [2.45, 2.75) is 0 Å². The van der Waals surface area contributed by atoms with Crippen LogP contribution in [0.25, 0.3) is 0 Å². The van der Waals surface area contributed by atoms with Gasteiger partial charge in [-0.25, -0.2) is 4.39 Å². The number of ether oxygens (including phenoxy) is 1. The summed E-state index contributed by atoms with van der Waals surface area (Å²) in [6, 6.07) is 2.80. The van der Waals surface area contributed by atoms with E-state index in [0.717, 1.165) is 0 Å². The predicted octanol–water partition coefficient (Wildman–Crippen LogP) is 1.02. The first-order chi connectivity index (χ1) is 7.22. The summed E-state index contributed by atoms with van der Waals surface area (Å²) < 4.78 is 18.2. The molecule has 82 valence electrons. The highest BCUT2D eigenvalue weighted by atomic mass is 19.1. The zero-order valence-electron chi connectivity index (χ0n) is 8.42. The van der Waals surface area contributed by atoms with Crippen molar-refractivity contribution in [2.24, 2.45) is 5.73 Å². The Kier molecular flexibility index (Phi) is 4.05.